The molecule has 35 heavy (non-hydrogen) atoms. The molecule has 0 spiro atoms. The molecule has 1 amide bonds. The zero-order chi connectivity index (χ0) is 24.5. The number of aromatic nitrogens is 1. The molecule has 1 aromatic heterocycles. The highest BCUT2D eigenvalue weighted by Crippen LogP contribution is 2.37. The number of benzene rings is 3. The smallest absolute Gasteiger partial charge is 0.412 e. The van der Waals surface area contributed by atoms with Crippen LogP contribution in [-0.2, 0) is 11.2 Å². The van der Waals surface area contributed by atoms with Crippen molar-refractivity contribution in [2.24, 2.45) is 0 Å². The molecule has 1 unspecified atom stereocenters. The first kappa shape index (κ1) is 23.2. The molecule has 1 heterocycles. The summed E-state index contributed by atoms with van der Waals surface area (Å²) in [5.41, 5.74) is 7.86. The van der Waals surface area contributed by atoms with Gasteiger partial charge in [0.15, 0.2) is 5.76 Å². The molecule has 2 atom stereocenters. The van der Waals surface area contributed by atoms with Gasteiger partial charge in [0.25, 0.3) is 0 Å². The monoisotopic (exact) mass is 486 g/mol. The number of nitrogens with zero attached hydrogens (tertiary/aromatic N) is 1. The van der Waals surface area contributed by atoms with Crippen LogP contribution in [0.25, 0.3) is 22.5 Å². The molecule has 1 aliphatic carbocycles. The summed E-state index contributed by atoms with van der Waals surface area (Å²) in [5.74, 6) is 1.13. The third-order valence-corrected chi connectivity index (χ3v) is 7.06. The molecule has 1 aliphatic rings. The zero-order valence-electron chi connectivity index (χ0n) is 20.0. The van der Waals surface area contributed by atoms with E-state index in [2.05, 4.69) is 47.7 Å². The Morgan fingerprint density at radius 3 is 2.57 bits per heavy atom. The molecule has 0 radical (unpaired) electrons. The van der Waals surface area contributed by atoms with E-state index in [4.69, 9.17) is 20.9 Å². The van der Waals surface area contributed by atoms with Crippen molar-refractivity contribution in [1.82, 2.24) is 5.16 Å². The van der Waals surface area contributed by atoms with E-state index in [1.54, 1.807) is 19.9 Å². The molecule has 3 aromatic carbocycles. The Hall–Kier alpha value is -3.57. The second-order valence-electron chi connectivity index (χ2n) is 9.10. The Morgan fingerprint density at radius 1 is 1.09 bits per heavy atom. The zero-order valence-corrected chi connectivity index (χ0v) is 20.7. The lowest BCUT2D eigenvalue weighted by Crippen LogP contribution is -2.17. The minimum atomic E-state index is -0.603. The van der Waals surface area contributed by atoms with E-state index in [1.807, 2.05) is 30.3 Å². The van der Waals surface area contributed by atoms with Gasteiger partial charge < -0.3 is 9.26 Å². The van der Waals surface area contributed by atoms with Crippen molar-refractivity contribution in [3.05, 3.63) is 94.1 Å². The van der Waals surface area contributed by atoms with Crippen LogP contribution in [-0.4, -0.2) is 11.2 Å². The van der Waals surface area contributed by atoms with Crippen LogP contribution in [0.15, 0.2) is 71.3 Å². The Bertz CT molecular complexity index is 1380. The average molecular weight is 487 g/mol. The number of ether oxygens (including phenoxy) is 1. The van der Waals surface area contributed by atoms with Gasteiger partial charge in [-0.15, -0.1) is 0 Å². The second kappa shape index (κ2) is 9.59. The minimum Gasteiger partial charge on any atom is -0.441 e. The van der Waals surface area contributed by atoms with Crippen LogP contribution in [0.1, 0.15) is 54.7 Å². The Morgan fingerprint density at radius 2 is 1.80 bits per heavy atom. The van der Waals surface area contributed by atoms with Gasteiger partial charge in [0, 0.05) is 16.1 Å². The lowest BCUT2D eigenvalue weighted by atomic mass is 9.97. The summed E-state index contributed by atoms with van der Waals surface area (Å²) in [6, 6.07) is 22.1. The SMILES string of the molecule is Cc1noc(-c2ccc(-c3ccc4c(c3)CCC4C)cc2)c1NC(=O)O[C@H](C)c1ccccc1Cl. The number of amides is 1. The van der Waals surface area contributed by atoms with E-state index in [0.29, 0.717) is 28.1 Å². The van der Waals surface area contributed by atoms with E-state index in [-0.39, 0.29) is 0 Å². The van der Waals surface area contributed by atoms with Gasteiger partial charge in [-0.25, -0.2) is 4.79 Å². The van der Waals surface area contributed by atoms with Crippen LogP contribution >= 0.6 is 11.6 Å². The molecular weight excluding hydrogens is 460 g/mol. The molecule has 0 saturated carbocycles. The average Bonchev–Trinajstić information content (AvgIpc) is 3.41. The first-order valence-corrected chi connectivity index (χ1v) is 12.2. The van der Waals surface area contributed by atoms with Crippen molar-refractivity contribution >= 4 is 23.4 Å². The summed E-state index contributed by atoms with van der Waals surface area (Å²) in [6.07, 6.45) is 1.24. The van der Waals surface area contributed by atoms with Crippen LogP contribution in [0.4, 0.5) is 10.5 Å². The van der Waals surface area contributed by atoms with E-state index in [9.17, 15) is 4.79 Å². The van der Waals surface area contributed by atoms with Gasteiger partial charge in [0.2, 0.25) is 0 Å². The lowest BCUT2D eigenvalue weighted by Gasteiger charge is -2.15. The number of hydrogen-bond acceptors (Lipinski definition) is 4. The van der Waals surface area contributed by atoms with Crippen LogP contribution in [0.3, 0.4) is 0 Å². The maximum atomic E-state index is 12.7. The predicted molar refractivity (Wildman–Crippen MR) is 139 cm³/mol. The van der Waals surface area contributed by atoms with Crippen molar-refractivity contribution in [1.29, 1.82) is 0 Å². The number of hydrogen-bond donors (Lipinski definition) is 1. The van der Waals surface area contributed by atoms with Gasteiger partial charge in [-0.2, -0.15) is 0 Å². The third-order valence-electron chi connectivity index (χ3n) is 6.72. The fourth-order valence-electron chi connectivity index (χ4n) is 4.70. The first-order chi connectivity index (χ1) is 16.9. The Labute approximate surface area is 210 Å². The molecule has 0 fully saturated rings. The number of nitrogens with one attached hydrogen (secondary N) is 1. The molecule has 0 aliphatic heterocycles. The molecule has 0 saturated heterocycles. The van der Waals surface area contributed by atoms with Crippen LogP contribution in [0.2, 0.25) is 5.02 Å². The standard InChI is InChI=1S/C29H27ClN2O3/c1-17-8-9-23-16-22(14-15-24(17)23)20-10-12-21(13-11-20)28-27(18(2)32-35-28)31-29(33)34-19(3)25-6-4-5-7-26(25)30/h4-7,10-17,19H,8-9H2,1-3H3,(H,31,33)/t17?,19-/m1/s1. The maximum Gasteiger partial charge on any atom is 0.412 e. The van der Waals surface area contributed by atoms with Crippen LogP contribution in [0, 0.1) is 6.92 Å². The summed E-state index contributed by atoms with van der Waals surface area (Å²) < 4.78 is 11.1. The number of aryl methyl sites for hydroxylation is 2. The molecule has 4 aromatic rings. The molecular formula is C29H27ClN2O3. The predicted octanol–water partition coefficient (Wildman–Crippen LogP) is 8.33. The van der Waals surface area contributed by atoms with E-state index in [0.717, 1.165) is 23.1 Å². The first-order valence-electron chi connectivity index (χ1n) is 11.8. The largest absolute Gasteiger partial charge is 0.441 e. The van der Waals surface area contributed by atoms with Gasteiger partial charge in [-0.1, -0.05) is 84.3 Å². The Balaban J connectivity index is 1.33. The number of fused-ring (bicyclic) bond motifs is 1. The Kier molecular flexibility index (Phi) is 6.35. The number of anilines is 1. The molecule has 5 nitrogen and oxygen atoms in total. The third kappa shape index (κ3) is 4.69. The fourth-order valence-corrected chi connectivity index (χ4v) is 4.99. The fraction of sp³-hybridized carbons (Fsp3) is 0.241. The quantitative estimate of drug-likeness (QED) is 0.308. The normalized spacial score (nSPS) is 15.5. The van der Waals surface area contributed by atoms with E-state index >= 15 is 0 Å². The van der Waals surface area contributed by atoms with Crippen molar-refractivity contribution in [2.75, 3.05) is 5.32 Å². The maximum absolute atomic E-state index is 12.7. The van der Waals surface area contributed by atoms with Gasteiger partial charge in [0.05, 0.1) is 0 Å². The summed E-state index contributed by atoms with van der Waals surface area (Å²) in [4.78, 5) is 12.7. The highest BCUT2D eigenvalue weighted by atomic mass is 35.5. The van der Waals surface area contributed by atoms with E-state index in [1.165, 1.54) is 23.1 Å². The topological polar surface area (TPSA) is 64.4 Å². The summed E-state index contributed by atoms with van der Waals surface area (Å²) in [6.45, 7) is 5.85. The highest BCUT2D eigenvalue weighted by Gasteiger charge is 2.21. The lowest BCUT2D eigenvalue weighted by molar-refractivity contribution is 0.121. The van der Waals surface area contributed by atoms with Crippen molar-refractivity contribution < 1.29 is 14.1 Å². The highest BCUT2D eigenvalue weighted by molar-refractivity contribution is 6.31. The molecule has 178 valence electrons. The minimum absolute atomic E-state index is 0.485. The van der Waals surface area contributed by atoms with Crippen LogP contribution < -0.4 is 5.32 Å². The van der Waals surface area contributed by atoms with Gasteiger partial charge >= 0.3 is 6.09 Å². The second-order valence-corrected chi connectivity index (χ2v) is 9.50. The van der Waals surface area contributed by atoms with Gasteiger partial charge in [-0.05, 0) is 60.9 Å². The van der Waals surface area contributed by atoms with Crippen molar-refractivity contribution in [3.63, 3.8) is 0 Å². The number of carbonyl (C=O) groups excluding carboxylic acids is 1. The number of carbonyl (C=O) groups is 1. The summed E-state index contributed by atoms with van der Waals surface area (Å²) in [7, 11) is 0. The van der Waals surface area contributed by atoms with Crippen LogP contribution in [0.5, 0.6) is 0 Å². The molecule has 0 bridgehead atoms. The summed E-state index contributed by atoms with van der Waals surface area (Å²) >= 11 is 6.23. The van der Waals surface area contributed by atoms with Gasteiger partial charge in [-0.3, -0.25) is 5.32 Å². The summed E-state index contributed by atoms with van der Waals surface area (Å²) in [5, 5.41) is 7.40. The number of rotatable bonds is 5. The molecule has 5 rings (SSSR count). The van der Waals surface area contributed by atoms with Gasteiger partial charge in [0.1, 0.15) is 17.5 Å². The molecule has 6 heteroatoms. The number of halogens is 1. The van der Waals surface area contributed by atoms with E-state index < -0.39 is 12.2 Å². The molecule has 1 N–H and O–H groups in total. The van der Waals surface area contributed by atoms with Crippen molar-refractivity contribution in [3.8, 4) is 22.5 Å². The van der Waals surface area contributed by atoms with Crippen molar-refractivity contribution in [2.45, 2.75) is 45.6 Å².